The molecule has 98 valence electrons. The number of halogens is 3. The Kier molecular flexibility index (Phi) is 8.66. The molecule has 0 saturated carbocycles. The van der Waals surface area contributed by atoms with Crippen LogP contribution in [0.5, 0.6) is 0 Å². The fourth-order valence-corrected chi connectivity index (χ4v) is 1.68. The molecule has 0 aromatic heterocycles. The summed E-state index contributed by atoms with van der Waals surface area (Å²) in [5, 5.41) is 0. The van der Waals surface area contributed by atoms with Crippen LogP contribution in [0.4, 0.5) is 13.2 Å². The summed E-state index contributed by atoms with van der Waals surface area (Å²) in [5.74, 6) is 5.31. The van der Waals surface area contributed by atoms with E-state index in [9.17, 15) is 13.2 Å². The van der Waals surface area contributed by atoms with Gasteiger partial charge in [-0.05, 0) is 19.3 Å². The Labute approximate surface area is 95.7 Å². The maximum absolute atomic E-state index is 11.9. The van der Waals surface area contributed by atoms with E-state index in [-0.39, 0.29) is 12.5 Å². The van der Waals surface area contributed by atoms with Gasteiger partial charge in [0.25, 0.3) is 0 Å². The van der Waals surface area contributed by atoms with Crippen LogP contribution in [0.1, 0.15) is 58.3 Å². The van der Waals surface area contributed by atoms with Crippen LogP contribution in [-0.4, -0.2) is 12.2 Å². The largest absolute Gasteiger partial charge is 0.389 e. The Bertz CT molecular complexity index is 160. The minimum Gasteiger partial charge on any atom is -0.271 e. The molecule has 0 aliphatic carbocycles. The van der Waals surface area contributed by atoms with Crippen LogP contribution < -0.4 is 11.3 Å². The lowest BCUT2D eigenvalue weighted by Gasteiger charge is -2.16. The predicted molar refractivity (Wildman–Crippen MR) is 59.8 cm³/mol. The average molecular weight is 240 g/mol. The highest BCUT2D eigenvalue weighted by molar-refractivity contribution is 4.65. The van der Waals surface area contributed by atoms with Gasteiger partial charge in [-0.25, -0.2) is 0 Å². The first-order valence-electron chi connectivity index (χ1n) is 6.02. The highest BCUT2D eigenvalue weighted by Crippen LogP contribution is 2.23. The normalized spacial score (nSPS) is 14.1. The van der Waals surface area contributed by atoms with E-state index in [0.29, 0.717) is 6.42 Å². The Balaban J connectivity index is 3.51. The number of nitrogens with two attached hydrogens (primary N) is 1. The summed E-state index contributed by atoms with van der Waals surface area (Å²) >= 11 is 0. The number of hydrogen-bond donors (Lipinski definition) is 2. The van der Waals surface area contributed by atoms with Crippen LogP contribution >= 0.6 is 0 Å². The van der Waals surface area contributed by atoms with E-state index in [1.54, 1.807) is 0 Å². The van der Waals surface area contributed by atoms with E-state index in [4.69, 9.17) is 5.84 Å². The van der Waals surface area contributed by atoms with Crippen LogP contribution in [0.15, 0.2) is 0 Å². The predicted octanol–water partition coefficient (Wildman–Crippen LogP) is 3.52. The molecule has 5 heteroatoms. The van der Waals surface area contributed by atoms with E-state index in [1.165, 1.54) is 6.42 Å². The third kappa shape index (κ3) is 10.2. The topological polar surface area (TPSA) is 38.0 Å². The highest BCUT2D eigenvalue weighted by atomic mass is 19.4. The molecule has 1 atom stereocenters. The number of nitrogens with one attached hydrogen (secondary N) is 1. The molecule has 0 aliphatic heterocycles. The van der Waals surface area contributed by atoms with Crippen molar-refractivity contribution in [2.24, 2.45) is 5.84 Å². The van der Waals surface area contributed by atoms with E-state index < -0.39 is 12.6 Å². The lowest BCUT2D eigenvalue weighted by Crippen LogP contribution is -2.35. The molecule has 0 radical (unpaired) electrons. The second kappa shape index (κ2) is 8.82. The second-order valence-corrected chi connectivity index (χ2v) is 4.22. The summed E-state index contributed by atoms with van der Waals surface area (Å²) in [6.07, 6.45) is 1.29. The zero-order valence-electron chi connectivity index (χ0n) is 9.95. The maximum Gasteiger partial charge on any atom is 0.389 e. The van der Waals surface area contributed by atoms with Gasteiger partial charge in [-0.15, -0.1) is 0 Å². The van der Waals surface area contributed by atoms with Gasteiger partial charge in [0.15, 0.2) is 0 Å². The van der Waals surface area contributed by atoms with Crippen molar-refractivity contribution in [3.8, 4) is 0 Å². The lowest BCUT2D eigenvalue weighted by molar-refractivity contribution is -0.135. The monoisotopic (exact) mass is 240 g/mol. The van der Waals surface area contributed by atoms with Crippen molar-refractivity contribution in [1.82, 2.24) is 5.43 Å². The number of hydrogen-bond acceptors (Lipinski definition) is 2. The zero-order valence-corrected chi connectivity index (χ0v) is 9.95. The number of unbranched alkanes of at least 4 members (excludes halogenated alkanes) is 3. The molecule has 1 unspecified atom stereocenters. The summed E-state index contributed by atoms with van der Waals surface area (Å²) < 4.78 is 35.7. The van der Waals surface area contributed by atoms with Gasteiger partial charge in [0.2, 0.25) is 0 Å². The quantitative estimate of drug-likeness (QED) is 0.367. The first-order valence-corrected chi connectivity index (χ1v) is 6.02. The Morgan fingerprint density at radius 1 is 1.06 bits per heavy atom. The third-order valence-electron chi connectivity index (χ3n) is 2.65. The molecule has 0 rings (SSSR count). The van der Waals surface area contributed by atoms with E-state index in [0.717, 1.165) is 25.7 Å². The van der Waals surface area contributed by atoms with Crippen molar-refractivity contribution in [3.63, 3.8) is 0 Å². The van der Waals surface area contributed by atoms with Crippen molar-refractivity contribution >= 4 is 0 Å². The third-order valence-corrected chi connectivity index (χ3v) is 2.65. The Hall–Kier alpha value is -0.290. The molecule has 0 heterocycles. The maximum atomic E-state index is 11.9. The number of rotatable bonds is 9. The van der Waals surface area contributed by atoms with Crippen molar-refractivity contribution < 1.29 is 13.2 Å². The summed E-state index contributed by atoms with van der Waals surface area (Å²) in [7, 11) is 0. The highest BCUT2D eigenvalue weighted by Gasteiger charge is 2.26. The Morgan fingerprint density at radius 3 is 2.19 bits per heavy atom. The smallest absolute Gasteiger partial charge is 0.271 e. The summed E-state index contributed by atoms with van der Waals surface area (Å²) in [6.45, 7) is 2.13. The molecule has 0 aliphatic rings. The van der Waals surface area contributed by atoms with Crippen LogP contribution in [0.3, 0.4) is 0 Å². The molecule has 16 heavy (non-hydrogen) atoms. The lowest BCUT2D eigenvalue weighted by atomic mass is 10.0. The fourth-order valence-electron chi connectivity index (χ4n) is 1.68. The summed E-state index contributed by atoms with van der Waals surface area (Å²) in [6, 6.07) is 0.0270. The molecule has 2 nitrogen and oxygen atoms in total. The first kappa shape index (κ1) is 15.7. The van der Waals surface area contributed by atoms with Crippen molar-refractivity contribution in [2.45, 2.75) is 70.5 Å². The molecule has 3 N–H and O–H groups in total. The van der Waals surface area contributed by atoms with E-state index >= 15 is 0 Å². The van der Waals surface area contributed by atoms with Crippen molar-refractivity contribution in [2.75, 3.05) is 0 Å². The van der Waals surface area contributed by atoms with Gasteiger partial charge < -0.3 is 0 Å². The minimum absolute atomic E-state index is 0.0270. The molecule has 0 fully saturated rings. The molecule has 0 aromatic rings. The standard InChI is InChI=1S/C11H23F3N2/c1-2-3-4-5-7-10(16-15)8-6-9-11(12,13)14/h10,16H,2-9,15H2,1H3. The van der Waals surface area contributed by atoms with Gasteiger partial charge in [0.05, 0.1) is 0 Å². The fraction of sp³-hybridized carbons (Fsp3) is 1.00. The Morgan fingerprint density at radius 2 is 1.69 bits per heavy atom. The zero-order chi connectivity index (χ0) is 12.4. The van der Waals surface area contributed by atoms with Crippen molar-refractivity contribution in [1.29, 1.82) is 0 Å². The summed E-state index contributed by atoms with van der Waals surface area (Å²) in [5.41, 5.74) is 2.60. The van der Waals surface area contributed by atoms with Crippen LogP contribution in [0.25, 0.3) is 0 Å². The first-order chi connectivity index (χ1) is 7.49. The van der Waals surface area contributed by atoms with Crippen LogP contribution in [0.2, 0.25) is 0 Å². The van der Waals surface area contributed by atoms with Crippen LogP contribution in [0, 0.1) is 0 Å². The van der Waals surface area contributed by atoms with Gasteiger partial charge in [-0.2, -0.15) is 13.2 Å². The van der Waals surface area contributed by atoms with E-state index in [2.05, 4.69) is 12.3 Å². The molecule has 0 aromatic carbocycles. The summed E-state index contributed by atoms with van der Waals surface area (Å²) in [4.78, 5) is 0. The van der Waals surface area contributed by atoms with Gasteiger partial charge in [-0.1, -0.05) is 32.6 Å². The van der Waals surface area contributed by atoms with Gasteiger partial charge in [0, 0.05) is 12.5 Å². The molecule has 0 saturated heterocycles. The molecular weight excluding hydrogens is 217 g/mol. The van der Waals surface area contributed by atoms with Crippen molar-refractivity contribution in [3.05, 3.63) is 0 Å². The number of hydrazine groups is 1. The second-order valence-electron chi connectivity index (χ2n) is 4.22. The molecule has 0 bridgehead atoms. The van der Waals surface area contributed by atoms with Crippen LogP contribution in [-0.2, 0) is 0 Å². The number of alkyl halides is 3. The average Bonchev–Trinajstić information content (AvgIpc) is 2.20. The molecule has 0 spiro atoms. The van der Waals surface area contributed by atoms with Gasteiger partial charge in [0.1, 0.15) is 0 Å². The molecular formula is C11H23F3N2. The van der Waals surface area contributed by atoms with E-state index in [1.807, 2.05) is 0 Å². The van der Waals surface area contributed by atoms with Gasteiger partial charge >= 0.3 is 6.18 Å². The molecule has 0 amide bonds. The van der Waals surface area contributed by atoms with Gasteiger partial charge in [-0.3, -0.25) is 11.3 Å². The SMILES string of the molecule is CCCCCCC(CCCC(F)(F)F)NN. The minimum atomic E-state index is -4.04.